The van der Waals surface area contributed by atoms with E-state index in [2.05, 4.69) is 32.2 Å². The van der Waals surface area contributed by atoms with Gasteiger partial charge in [-0.3, -0.25) is 5.10 Å². The molecule has 0 spiro atoms. The molecule has 0 saturated carbocycles. The largest absolute Gasteiger partial charge is 0.396 e. The Bertz CT molecular complexity index is 1110. The lowest BCUT2D eigenvalue weighted by Gasteiger charge is -2.32. The fraction of sp³-hybridized carbons (Fsp3) is 0.300. The molecule has 2 aromatic heterocycles. The highest BCUT2D eigenvalue weighted by atomic mass is 35.5. The van der Waals surface area contributed by atoms with E-state index in [1.807, 2.05) is 24.3 Å². The van der Waals surface area contributed by atoms with Crippen LogP contribution in [0.2, 0.25) is 5.02 Å². The van der Waals surface area contributed by atoms with E-state index in [-0.39, 0.29) is 0 Å². The molecule has 1 fully saturated rings. The summed E-state index contributed by atoms with van der Waals surface area (Å²) in [6.07, 6.45) is 2.06. The summed E-state index contributed by atoms with van der Waals surface area (Å²) < 4.78 is 0. The highest BCUT2D eigenvalue weighted by Crippen LogP contribution is 2.30. The minimum absolute atomic E-state index is 0.290. The number of H-pyrrole nitrogens is 2. The van der Waals surface area contributed by atoms with E-state index in [0.717, 1.165) is 59.4 Å². The van der Waals surface area contributed by atoms with Crippen molar-refractivity contribution in [3.05, 3.63) is 41.4 Å². The molecular formula is C20H20ClN5O. The average molecular weight is 382 g/mol. The van der Waals surface area contributed by atoms with Gasteiger partial charge in [0.1, 0.15) is 5.69 Å². The van der Waals surface area contributed by atoms with Crippen LogP contribution in [0.5, 0.6) is 0 Å². The third-order valence-corrected chi connectivity index (χ3v) is 5.69. The first-order valence-corrected chi connectivity index (χ1v) is 9.58. The molecule has 27 heavy (non-hydrogen) atoms. The molecule has 1 aliphatic heterocycles. The van der Waals surface area contributed by atoms with Gasteiger partial charge in [-0.05, 0) is 55.2 Å². The number of hydrogen-bond acceptors (Lipinski definition) is 4. The fourth-order valence-corrected chi connectivity index (χ4v) is 4.02. The first-order valence-electron chi connectivity index (χ1n) is 9.21. The summed E-state index contributed by atoms with van der Waals surface area (Å²) in [6, 6.07) is 12.0. The molecule has 0 atom stereocenters. The number of anilines is 1. The van der Waals surface area contributed by atoms with Crippen molar-refractivity contribution in [3.63, 3.8) is 0 Å². The van der Waals surface area contributed by atoms with Crippen LogP contribution in [-0.2, 0) is 0 Å². The molecule has 0 amide bonds. The second kappa shape index (κ2) is 6.55. The summed E-state index contributed by atoms with van der Waals surface area (Å²) in [7, 11) is 0. The fourth-order valence-electron chi connectivity index (χ4n) is 3.85. The molecular weight excluding hydrogens is 362 g/mol. The van der Waals surface area contributed by atoms with Gasteiger partial charge in [0, 0.05) is 35.8 Å². The number of aromatic amines is 2. The van der Waals surface area contributed by atoms with Gasteiger partial charge in [-0.2, -0.15) is 5.10 Å². The first-order chi connectivity index (χ1) is 13.2. The van der Waals surface area contributed by atoms with Crippen molar-refractivity contribution in [2.24, 2.45) is 5.92 Å². The number of nitrogens with zero attached hydrogens (tertiary/aromatic N) is 3. The monoisotopic (exact) mass is 381 g/mol. The summed E-state index contributed by atoms with van der Waals surface area (Å²) in [6.45, 7) is 2.24. The average Bonchev–Trinajstić information content (AvgIpc) is 3.30. The van der Waals surface area contributed by atoms with E-state index in [4.69, 9.17) is 16.6 Å². The number of aliphatic hydroxyl groups is 1. The van der Waals surface area contributed by atoms with Gasteiger partial charge in [-0.25, -0.2) is 4.98 Å². The Labute approximate surface area is 161 Å². The minimum atomic E-state index is 0.290. The normalized spacial score (nSPS) is 15.9. The van der Waals surface area contributed by atoms with Gasteiger partial charge in [0.25, 0.3) is 0 Å². The van der Waals surface area contributed by atoms with Crippen molar-refractivity contribution < 1.29 is 5.11 Å². The zero-order chi connectivity index (χ0) is 18.4. The highest BCUT2D eigenvalue weighted by Gasteiger charge is 2.19. The van der Waals surface area contributed by atoms with Gasteiger partial charge in [-0.1, -0.05) is 11.6 Å². The highest BCUT2D eigenvalue weighted by molar-refractivity contribution is 6.31. The molecule has 7 heteroatoms. The van der Waals surface area contributed by atoms with Crippen molar-refractivity contribution in [2.75, 3.05) is 24.6 Å². The minimum Gasteiger partial charge on any atom is -0.396 e. The second-order valence-corrected chi connectivity index (χ2v) is 7.60. The van der Waals surface area contributed by atoms with Gasteiger partial charge in [0.2, 0.25) is 0 Å². The Balaban J connectivity index is 1.49. The molecule has 138 valence electrons. The SMILES string of the molecule is OCC1CCN(c2ccc3nc(-c4n[nH]c5ccc(Cl)cc45)[nH]c3c2)CC1. The van der Waals surface area contributed by atoms with E-state index < -0.39 is 0 Å². The van der Waals surface area contributed by atoms with E-state index in [1.165, 1.54) is 5.69 Å². The maximum absolute atomic E-state index is 9.33. The number of halogens is 1. The third kappa shape index (κ3) is 2.95. The predicted octanol–water partition coefficient (Wildman–Crippen LogP) is 3.97. The summed E-state index contributed by atoms with van der Waals surface area (Å²) in [5.41, 5.74) is 4.79. The van der Waals surface area contributed by atoms with Gasteiger partial charge in [0.15, 0.2) is 5.82 Å². The second-order valence-electron chi connectivity index (χ2n) is 7.16. The zero-order valence-electron chi connectivity index (χ0n) is 14.7. The molecule has 3 heterocycles. The Kier molecular flexibility index (Phi) is 4.02. The van der Waals surface area contributed by atoms with Crippen LogP contribution in [-0.4, -0.2) is 45.0 Å². The van der Waals surface area contributed by atoms with Crippen molar-refractivity contribution in [3.8, 4) is 11.5 Å². The van der Waals surface area contributed by atoms with Crippen LogP contribution in [0.3, 0.4) is 0 Å². The number of hydrogen-bond donors (Lipinski definition) is 3. The van der Waals surface area contributed by atoms with Gasteiger partial charge in [-0.15, -0.1) is 0 Å². The molecule has 1 saturated heterocycles. The lowest BCUT2D eigenvalue weighted by atomic mass is 9.97. The standard InChI is InChI=1S/C20H20ClN5O/c21-13-1-3-16-15(9-13)19(25-24-16)20-22-17-4-2-14(10-18(17)23-20)26-7-5-12(11-27)6-8-26/h1-4,9-10,12,27H,5-8,11H2,(H,22,23)(H,24,25). The first kappa shape index (κ1) is 16.6. The quantitative estimate of drug-likeness (QED) is 0.501. The van der Waals surface area contributed by atoms with Crippen LogP contribution >= 0.6 is 11.6 Å². The maximum atomic E-state index is 9.33. The van der Waals surface area contributed by atoms with Crippen LogP contribution in [0.1, 0.15) is 12.8 Å². The van der Waals surface area contributed by atoms with E-state index in [9.17, 15) is 5.11 Å². The van der Waals surface area contributed by atoms with E-state index in [1.54, 1.807) is 0 Å². The number of nitrogens with one attached hydrogen (secondary N) is 2. The molecule has 4 aromatic rings. The number of piperidine rings is 1. The van der Waals surface area contributed by atoms with Crippen LogP contribution in [0.4, 0.5) is 5.69 Å². The summed E-state index contributed by atoms with van der Waals surface area (Å²) >= 11 is 6.15. The van der Waals surface area contributed by atoms with Gasteiger partial charge in [0.05, 0.1) is 16.6 Å². The third-order valence-electron chi connectivity index (χ3n) is 5.45. The molecule has 0 unspecified atom stereocenters. The number of benzene rings is 2. The number of aliphatic hydroxyl groups excluding tert-OH is 1. The Morgan fingerprint density at radius 1 is 1.11 bits per heavy atom. The Morgan fingerprint density at radius 3 is 2.78 bits per heavy atom. The van der Waals surface area contributed by atoms with Crippen molar-refractivity contribution >= 4 is 39.2 Å². The molecule has 0 radical (unpaired) electrons. The number of fused-ring (bicyclic) bond motifs is 2. The summed E-state index contributed by atoms with van der Waals surface area (Å²) in [5, 5.41) is 18.4. The lowest BCUT2D eigenvalue weighted by Crippen LogP contribution is -2.34. The van der Waals surface area contributed by atoms with Crippen LogP contribution in [0.25, 0.3) is 33.5 Å². The van der Waals surface area contributed by atoms with Crippen molar-refractivity contribution in [1.82, 2.24) is 20.2 Å². The van der Waals surface area contributed by atoms with Gasteiger partial charge < -0.3 is 15.0 Å². The smallest absolute Gasteiger partial charge is 0.159 e. The lowest BCUT2D eigenvalue weighted by molar-refractivity contribution is 0.203. The van der Waals surface area contributed by atoms with Gasteiger partial charge >= 0.3 is 0 Å². The molecule has 0 bridgehead atoms. The summed E-state index contributed by atoms with van der Waals surface area (Å²) in [5.74, 6) is 1.16. The zero-order valence-corrected chi connectivity index (χ0v) is 15.5. The van der Waals surface area contributed by atoms with Crippen LogP contribution in [0, 0.1) is 5.92 Å². The maximum Gasteiger partial charge on any atom is 0.159 e. The molecule has 2 aromatic carbocycles. The molecule has 0 aliphatic carbocycles. The van der Waals surface area contributed by atoms with Crippen LogP contribution in [0.15, 0.2) is 36.4 Å². The molecule has 6 nitrogen and oxygen atoms in total. The summed E-state index contributed by atoms with van der Waals surface area (Å²) in [4.78, 5) is 10.5. The number of rotatable bonds is 3. The molecule has 3 N–H and O–H groups in total. The van der Waals surface area contributed by atoms with Crippen molar-refractivity contribution in [2.45, 2.75) is 12.8 Å². The topological polar surface area (TPSA) is 80.8 Å². The van der Waals surface area contributed by atoms with Crippen molar-refractivity contribution in [1.29, 1.82) is 0 Å². The van der Waals surface area contributed by atoms with E-state index in [0.29, 0.717) is 17.5 Å². The number of aromatic nitrogens is 4. The van der Waals surface area contributed by atoms with Crippen LogP contribution < -0.4 is 4.90 Å². The predicted molar refractivity (Wildman–Crippen MR) is 108 cm³/mol. The Hall–Kier alpha value is -2.57. The Morgan fingerprint density at radius 2 is 1.96 bits per heavy atom. The molecule has 5 rings (SSSR count). The molecule has 1 aliphatic rings. The van der Waals surface area contributed by atoms with E-state index >= 15 is 0 Å². The number of imidazole rings is 1.